The summed E-state index contributed by atoms with van der Waals surface area (Å²) in [5, 5.41) is 3.12. The van der Waals surface area contributed by atoms with Gasteiger partial charge in [0.05, 0.1) is 6.54 Å². The molecule has 4 heteroatoms. The molecule has 0 spiro atoms. The second kappa shape index (κ2) is 5.87. The average molecular weight is 281 g/mol. The first-order valence-electron chi connectivity index (χ1n) is 6.89. The minimum absolute atomic E-state index is 0.218. The largest absolute Gasteiger partial charge is 0.342 e. The lowest BCUT2D eigenvalue weighted by molar-refractivity contribution is 0.619. The first kappa shape index (κ1) is 13.5. The van der Waals surface area contributed by atoms with E-state index in [-0.39, 0.29) is 5.82 Å². The highest BCUT2D eigenvalue weighted by molar-refractivity contribution is 6.09. The topological polar surface area (TPSA) is 36.8 Å². The van der Waals surface area contributed by atoms with Crippen LogP contribution >= 0.6 is 0 Å². The molecule has 0 fully saturated rings. The van der Waals surface area contributed by atoms with Crippen LogP contribution in [0.5, 0.6) is 0 Å². The number of rotatable bonds is 3. The van der Waals surface area contributed by atoms with E-state index in [9.17, 15) is 4.39 Å². The lowest BCUT2D eigenvalue weighted by atomic mass is 10.1. The van der Waals surface area contributed by atoms with Crippen LogP contribution in [0.15, 0.2) is 58.5 Å². The van der Waals surface area contributed by atoms with E-state index in [0.29, 0.717) is 24.2 Å². The van der Waals surface area contributed by atoms with Crippen molar-refractivity contribution in [2.24, 2.45) is 9.98 Å². The van der Waals surface area contributed by atoms with Crippen LogP contribution < -0.4 is 5.32 Å². The van der Waals surface area contributed by atoms with Gasteiger partial charge in [-0.1, -0.05) is 36.4 Å². The summed E-state index contributed by atoms with van der Waals surface area (Å²) in [4.78, 5) is 8.87. The van der Waals surface area contributed by atoms with Gasteiger partial charge >= 0.3 is 0 Å². The van der Waals surface area contributed by atoms with Crippen LogP contribution in [0.4, 0.5) is 10.1 Å². The zero-order chi connectivity index (χ0) is 14.7. The molecular formula is C17H16FN3. The standard InChI is InChI=1S/C17H16FN3/c1-12-7-8-14(10-15(12)18)20-17-11-19-16(21-17)9-13-5-3-2-4-6-13/h2-8,10H,9,11H2,1H3,(H,19,20,21). The van der Waals surface area contributed by atoms with Gasteiger partial charge in [0.15, 0.2) is 0 Å². The monoisotopic (exact) mass is 281 g/mol. The van der Waals surface area contributed by atoms with E-state index in [0.717, 1.165) is 11.7 Å². The maximum atomic E-state index is 13.5. The number of nitrogens with one attached hydrogen (secondary N) is 1. The number of amidine groups is 2. The number of aliphatic imine (C=N–C) groups is 2. The Balaban J connectivity index is 1.66. The maximum absolute atomic E-state index is 13.5. The van der Waals surface area contributed by atoms with E-state index in [2.05, 4.69) is 27.4 Å². The normalized spacial score (nSPS) is 13.8. The number of nitrogens with zero attached hydrogens (tertiary/aromatic N) is 2. The van der Waals surface area contributed by atoms with Gasteiger partial charge in [0.2, 0.25) is 0 Å². The summed E-state index contributed by atoms with van der Waals surface area (Å²) < 4.78 is 13.5. The van der Waals surface area contributed by atoms with E-state index in [4.69, 9.17) is 0 Å². The van der Waals surface area contributed by atoms with Crippen molar-refractivity contribution in [3.63, 3.8) is 0 Å². The van der Waals surface area contributed by atoms with E-state index < -0.39 is 0 Å². The van der Waals surface area contributed by atoms with Crippen molar-refractivity contribution in [3.05, 3.63) is 65.5 Å². The molecule has 21 heavy (non-hydrogen) atoms. The van der Waals surface area contributed by atoms with E-state index in [1.165, 1.54) is 11.6 Å². The molecule has 0 unspecified atom stereocenters. The minimum Gasteiger partial charge on any atom is -0.342 e. The molecule has 0 aliphatic carbocycles. The van der Waals surface area contributed by atoms with E-state index in [1.54, 1.807) is 13.0 Å². The zero-order valence-electron chi connectivity index (χ0n) is 11.8. The molecule has 2 aromatic rings. The highest BCUT2D eigenvalue weighted by Crippen LogP contribution is 2.15. The number of anilines is 1. The summed E-state index contributed by atoms with van der Waals surface area (Å²) >= 11 is 0. The molecule has 1 heterocycles. The minimum atomic E-state index is -0.218. The van der Waals surface area contributed by atoms with Gasteiger partial charge in [0.25, 0.3) is 0 Å². The molecule has 0 amide bonds. The molecule has 3 nitrogen and oxygen atoms in total. The van der Waals surface area contributed by atoms with Crippen molar-refractivity contribution >= 4 is 17.4 Å². The Labute approximate surface area is 123 Å². The zero-order valence-corrected chi connectivity index (χ0v) is 11.8. The summed E-state index contributed by atoms with van der Waals surface area (Å²) in [7, 11) is 0. The summed E-state index contributed by atoms with van der Waals surface area (Å²) in [6.07, 6.45) is 0.717. The quantitative estimate of drug-likeness (QED) is 0.917. The Bertz CT molecular complexity index is 705. The molecule has 0 aromatic heterocycles. The Morgan fingerprint density at radius 3 is 2.71 bits per heavy atom. The molecule has 0 atom stereocenters. The smallest absolute Gasteiger partial charge is 0.130 e. The summed E-state index contributed by atoms with van der Waals surface area (Å²) in [6.45, 7) is 2.25. The van der Waals surface area contributed by atoms with E-state index in [1.807, 2.05) is 24.3 Å². The first-order valence-corrected chi connectivity index (χ1v) is 6.89. The van der Waals surface area contributed by atoms with Gasteiger partial charge < -0.3 is 5.32 Å². The predicted molar refractivity (Wildman–Crippen MR) is 84.6 cm³/mol. The van der Waals surface area contributed by atoms with Crippen LogP contribution in [0.2, 0.25) is 0 Å². The number of halogens is 1. The van der Waals surface area contributed by atoms with Crippen LogP contribution in [0.25, 0.3) is 0 Å². The molecule has 2 aromatic carbocycles. The van der Waals surface area contributed by atoms with Crippen molar-refractivity contribution < 1.29 is 4.39 Å². The van der Waals surface area contributed by atoms with Gasteiger partial charge in [-0.3, -0.25) is 4.99 Å². The van der Waals surface area contributed by atoms with Gasteiger partial charge in [0.1, 0.15) is 17.5 Å². The number of hydrogen-bond donors (Lipinski definition) is 1. The van der Waals surface area contributed by atoms with Crippen LogP contribution in [0.3, 0.4) is 0 Å². The third-order valence-corrected chi connectivity index (χ3v) is 3.34. The van der Waals surface area contributed by atoms with Crippen molar-refractivity contribution in [2.75, 3.05) is 11.9 Å². The Morgan fingerprint density at radius 1 is 1.14 bits per heavy atom. The maximum Gasteiger partial charge on any atom is 0.130 e. The second-order valence-corrected chi connectivity index (χ2v) is 5.04. The lowest BCUT2D eigenvalue weighted by Crippen LogP contribution is -2.13. The van der Waals surface area contributed by atoms with Gasteiger partial charge in [-0.2, -0.15) is 0 Å². The van der Waals surface area contributed by atoms with Crippen LogP contribution in [-0.2, 0) is 6.42 Å². The van der Waals surface area contributed by atoms with E-state index >= 15 is 0 Å². The van der Waals surface area contributed by atoms with Gasteiger partial charge in [-0.25, -0.2) is 9.38 Å². The number of aryl methyl sites for hydroxylation is 1. The molecule has 1 N–H and O–H groups in total. The fourth-order valence-corrected chi connectivity index (χ4v) is 2.17. The van der Waals surface area contributed by atoms with Gasteiger partial charge in [-0.15, -0.1) is 0 Å². The summed E-state index contributed by atoms with van der Waals surface area (Å²) in [5.41, 5.74) is 2.52. The fourth-order valence-electron chi connectivity index (χ4n) is 2.17. The Hall–Kier alpha value is -2.49. The lowest BCUT2D eigenvalue weighted by Gasteiger charge is -2.06. The van der Waals surface area contributed by atoms with Crippen molar-refractivity contribution in [2.45, 2.75) is 13.3 Å². The SMILES string of the molecule is Cc1ccc(NC2=NC(Cc3ccccc3)=NC2)cc1F. The molecule has 1 aliphatic heterocycles. The average Bonchev–Trinajstić information content (AvgIpc) is 2.91. The van der Waals surface area contributed by atoms with Crippen LogP contribution in [-0.4, -0.2) is 18.2 Å². The molecule has 0 radical (unpaired) electrons. The highest BCUT2D eigenvalue weighted by atomic mass is 19.1. The van der Waals surface area contributed by atoms with Gasteiger partial charge in [-0.05, 0) is 30.2 Å². The second-order valence-electron chi connectivity index (χ2n) is 5.04. The summed E-state index contributed by atoms with van der Waals surface area (Å²) in [6, 6.07) is 15.2. The van der Waals surface area contributed by atoms with Gasteiger partial charge in [0, 0.05) is 12.1 Å². The highest BCUT2D eigenvalue weighted by Gasteiger charge is 2.11. The molecule has 1 aliphatic rings. The Morgan fingerprint density at radius 2 is 1.95 bits per heavy atom. The number of hydrogen-bond acceptors (Lipinski definition) is 3. The first-order chi connectivity index (χ1) is 10.2. The molecule has 0 bridgehead atoms. The fraction of sp³-hybridized carbons (Fsp3) is 0.176. The van der Waals surface area contributed by atoms with Crippen molar-refractivity contribution in [3.8, 4) is 0 Å². The molecular weight excluding hydrogens is 265 g/mol. The molecule has 0 saturated carbocycles. The third kappa shape index (κ3) is 3.34. The van der Waals surface area contributed by atoms with Crippen molar-refractivity contribution in [1.29, 1.82) is 0 Å². The van der Waals surface area contributed by atoms with Crippen LogP contribution in [0.1, 0.15) is 11.1 Å². The number of benzene rings is 2. The predicted octanol–water partition coefficient (Wildman–Crippen LogP) is 3.60. The molecule has 3 rings (SSSR count). The molecule has 0 saturated heterocycles. The third-order valence-electron chi connectivity index (χ3n) is 3.34. The van der Waals surface area contributed by atoms with Crippen molar-refractivity contribution in [1.82, 2.24) is 0 Å². The summed E-state index contributed by atoms with van der Waals surface area (Å²) in [5.74, 6) is 1.34. The Kier molecular flexibility index (Phi) is 3.77. The van der Waals surface area contributed by atoms with Crippen LogP contribution in [0, 0.1) is 12.7 Å². The molecule has 106 valence electrons.